The van der Waals surface area contributed by atoms with Gasteiger partial charge in [0, 0.05) is 20.1 Å². The van der Waals surface area contributed by atoms with Crippen molar-refractivity contribution >= 4 is 35.1 Å². The first kappa shape index (κ1) is 24.6. The van der Waals surface area contributed by atoms with E-state index in [0.717, 1.165) is 0 Å². The number of carbonyl (C=O) groups is 3. The molecule has 2 heterocycles. The van der Waals surface area contributed by atoms with Crippen LogP contribution in [0.1, 0.15) is 27.7 Å². The molecule has 0 atom stereocenters. The van der Waals surface area contributed by atoms with Crippen molar-refractivity contribution in [1.29, 1.82) is 0 Å². The highest BCUT2D eigenvalue weighted by atomic mass is 16.6. The minimum atomic E-state index is -0.666. The fraction of sp³-hybridized carbons (Fsp3) is 0.579. The molecule has 3 N–H and O–H groups in total. The molecule has 176 valence electrons. The number of H-pyrrole nitrogens is 1. The van der Waals surface area contributed by atoms with E-state index < -0.39 is 29.1 Å². The number of nitrogen functional groups attached to an aromatic ring is 1. The number of carbonyl (C=O) groups excluding carboxylic acids is 3. The van der Waals surface area contributed by atoms with Gasteiger partial charge in [-0.15, -0.1) is 0 Å². The quantitative estimate of drug-likeness (QED) is 0.524. The molecule has 0 aromatic carbocycles. The van der Waals surface area contributed by atoms with E-state index in [4.69, 9.17) is 15.2 Å². The van der Waals surface area contributed by atoms with Crippen LogP contribution in [0.15, 0.2) is 11.1 Å². The maximum absolute atomic E-state index is 13.0. The largest absolute Gasteiger partial charge is 0.465 e. The Hall–Kier alpha value is -3.64. The van der Waals surface area contributed by atoms with Gasteiger partial charge in [0.15, 0.2) is 11.2 Å². The summed E-state index contributed by atoms with van der Waals surface area (Å²) in [6.45, 7) is 6.68. The van der Waals surface area contributed by atoms with Gasteiger partial charge in [-0.05, 0) is 27.7 Å². The Labute approximate surface area is 184 Å². The first-order chi connectivity index (χ1) is 14.9. The number of nitrogens with one attached hydrogen (secondary N) is 1. The van der Waals surface area contributed by atoms with Crippen LogP contribution in [-0.2, 0) is 25.6 Å². The predicted octanol–water partition coefficient (Wildman–Crippen LogP) is -0.0396. The van der Waals surface area contributed by atoms with Crippen LogP contribution >= 0.6 is 0 Å². The molecule has 2 aromatic rings. The molecule has 0 spiro atoms. The number of rotatable bonds is 8. The van der Waals surface area contributed by atoms with Crippen molar-refractivity contribution in [1.82, 2.24) is 29.3 Å². The fourth-order valence-corrected chi connectivity index (χ4v) is 2.69. The number of anilines is 1. The Kier molecular flexibility index (Phi) is 7.78. The summed E-state index contributed by atoms with van der Waals surface area (Å²) in [7, 11) is 1.53. The number of fused-ring (bicyclic) bond motifs is 1. The van der Waals surface area contributed by atoms with Crippen molar-refractivity contribution < 1.29 is 23.9 Å². The minimum absolute atomic E-state index is 0.0357. The fourth-order valence-electron chi connectivity index (χ4n) is 2.69. The maximum atomic E-state index is 13.0. The first-order valence-electron chi connectivity index (χ1n) is 9.99. The Morgan fingerprint density at radius 1 is 1.25 bits per heavy atom. The van der Waals surface area contributed by atoms with Gasteiger partial charge in [-0.25, -0.2) is 9.78 Å². The molecule has 0 aliphatic carbocycles. The van der Waals surface area contributed by atoms with Crippen molar-refractivity contribution in [2.45, 2.75) is 39.8 Å². The highest BCUT2D eigenvalue weighted by molar-refractivity contribution is 5.83. The molecule has 0 unspecified atom stereocenters. The van der Waals surface area contributed by atoms with E-state index in [9.17, 15) is 19.2 Å². The second kappa shape index (κ2) is 10.1. The van der Waals surface area contributed by atoms with Crippen molar-refractivity contribution in [2.75, 3.05) is 39.0 Å². The van der Waals surface area contributed by atoms with Gasteiger partial charge in [0.05, 0.1) is 12.9 Å². The molecule has 0 saturated heterocycles. The normalized spacial score (nSPS) is 11.3. The van der Waals surface area contributed by atoms with Gasteiger partial charge in [-0.2, -0.15) is 4.98 Å². The molecule has 2 aromatic heterocycles. The zero-order chi connectivity index (χ0) is 24.1. The van der Waals surface area contributed by atoms with Crippen LogP contribution in [0.5, 0.6) is 0 Å². The first-order valence-corrected chi connectivity index (χ1v) is 9.99. The summed E-state index contributed by atoms with van der Waals surface area (Å²) in [6, 6.07) is 0. The van der Waals surface area contributed by atoms with Gasteiger partial charge in [-0.1, -0.05) is 0 Å². The van der Waals surface area contributed by atoms with Crippen molar-refractivity contribution in [3.8, 4) is 0 Å². The van der Waals surface area contributed by atoms with Gasteiger partial charge in [0.2, 0.25) is 11.9 Å². The lowest BCUT2D eigenvalue weighted by atomic mass is 10.2. The predicted molar refractivity (Wildman–Crippen MR) is 115 cm³/mol. The number of nitrogens with zero attached hydrogens (tertiary/aromatic N) is 5. The lowest BCUT2D eigenvalue weighted by molar-refractivity contribution is -0.149. The summed E-state index contributed by atoms with van der Waals surface area (Å²) >= 11 is 0. The number of aromatic amines is 1. The Morgan fingerprint density at radius 2 is 1.94 bits per heavy atom. The van der Waals surface area contributed by atoms with Crippen molar-refractivity contribution in [2.24, 2.45) is 0 Å². The SMILES string of the molecule is CCOC(=O)CN(CCN(C)C(=O)OC(C)(C)C)C(=O)Cn1cnc2c(=O)[nH]c(N)nc21. The number of imidazole rings is 1. The summed E-state index contributed by atoms with van der Waals surface area (Å²) in [4.78, 5) is 62.0. The topological polar surface area (TPSA) is 166 Å². The molecular formula is C19H29N7O6. The van der Waals surface area contributed by atoms with Gasteiger partial charge in [0.25, 0.3) is 5.56 Å². The summed E-state index contributed by atoms with van der Waals surface area (Å²) in [5, 5.41) is 0. The molecule has 13 nitrogen and oxygen atoms in total. The molecule has 2 rings (SSSR count). The zero-order valence-corrected chi connectivity index (χ0v) is 18.9. The van der Waals surface area contributed by atoms with E-state index in [1.165, 1.54) is 27.7 Å². The van der Waals surface area contributed by atoms with Crippen LogP contribution in [0.2, 0.25) is 0 Å². The maximum Gasteiger partial charge on any atom is 0.410 e. The summed E-state index contributed by atoms with van der Waals surface area (Å²) in [5.41, 5.74) is 4.57. The van der Waals surface area contributed by atoms with Crippen LogP contribution in [0.4, 0.5) is 10.7 Å². The van der Waals surface area contributed by atoms with Gasteiger partial charge < -0.3 is 29.6 Å². The lowest BCUT2D eigenvalue weighted by Crippen LogP contribution is -2.44. The number of nitrogens with two attached hydrogens (primary N) is 1. The monoisotopic (exact) mass is 451 g/mol. The molecule has 32 heavy (non-hydrogen) atoms. The second-order valence-corrected chi connectivity index (χ2v) is 8.02. The van der Waals surface area contributed by atoms with E-state index in [-0.39, 0.29) is 49.9 Å². The molecule has 0 saturated carbocycles. The zero-order valence-electron chi connectivity index (χ0n) is 18.9. The second-order valence-electron chi connectivity index (χ2n) is 8.02. The molecular weight excluding hydrogens is 422 g/mol. The molecule has 0 aliphatic heterocycles. The highest BCUT2D eigenvalue weighted by Gasteiger charge is 2.23. The molecule has 0 bridgehead atoms. The number of esters is 1. The average molecular weight is 451 g/mol. The van der Waals surface area contributed by atoms with E-state index >= 15 is 0 Å². The van der Waals surface area contributed by atoms with Crippen LogP contribution in [0, 0.1) is 0 Å². The van der Waals surface area contributed by atoms with Gasteiger partial charge in [-0.3, -0.25) is 19.4 Å². The summed E-state index contributed by atoms with van der Waals surface area (Å²) in [5.74, 6) is -1.16. The number of hydrogen-bond acceptors (Lipinski definition) is 9. The number of ether oxygens (including phenoxy) is 2. The van der Waals surface area contributed by atoms with Crippen LogP contribution in [-0.4, -0.2) is 86.2 Å². The van der Waals surface area contributed by atoms with E-state index in [1.807, 2.05) is 0 Å². The highest BCUT2D eigenvalue weighted by Crippen LogP contribution is 2.10. The van der Waals surface area contributed by atoms with Gasteiger partial charge >= 0.3 is 12.1 Å². The third-order valence-electron chi connectivity index (χ3n) is 4.19. The smallest absolute Gasteiger partial charge is 0.410 e. The van der Waals surface area contributed by atoms with Crippen LogP contribution < -0.4 is 11.3 Å². The Morgan fingerprint density at radius 3 is 2.56 bits per heavy atom. The number of hydrogen-bond donors (Lipinski definition) is 2. The Balaban J connectivity index is 2.15. The molecule has 0 aliphatic rings. The minimum Gasteiger partial charge on any atom is -0.465 e. The lowest BCUT2D eigenvalue weighted by Gasteiger charge is -2.27. The van der Waals surface area contributed by atoms with Crippen LogP contribution in [0.3, 0.4) is 0 Å². The molecule has 2 amide bonds. The van der Waals surface area contributed by atoms with E-state index in [0.29, 0.717) is 0 Å². The standard InChI is InChI=1S/C19H29N7O6/c1-6-31-13(28)10-25(8-7-24(5)18(30)32-19(2,3)4)12(27)9-26-11-21-14-15(26)22-17(20)23-16(14)29/h11H,6-10H2,1-5H3,(H3,20,22,23,29). The third kappa shape index (κ3) is 6.68. The number of likely N-dealkylation sites (N-methyl/N-ethyl adjacent to an activating group) is 1. The van der Waals surface area contributed by atoms with E-state index in [1.54, 1.807) is 27.7 Å². The Bertz CT molecular complexity index is 1040. The number of amides is 2. The summed E-state index contributed by atoms with van der Waals surface area (Å²) in [6.07, 6.45) is 0.736. The summed E-state index contributed by atoms with van der Waals surface area (Å²) < 4.78 is 11.6. The van der Waals surface area contributed by atoms with Gasteiger partial charge in [0.1, 0.15) is 18.7 Å². The van der Waals surface area contributed by atoms with Crippen LogP contribution in [0.25, 0.3) is 11.2 Å². The third-order valence-corrected chi connectivity index (χ3v) is 4.19. The number of aromatic nitrogens is 4. The molecule has 0 fully saturated rings. The molecule has 13 heteroatoms. The average Bonchev–Trinajstić information content (AvgIpc) is 3.06. The van der Waals surface area contributed by atoms with E-state index in [2.05, 4.69) is 15.0 Å². The van der Waals surface area contributed by atoms with Crippen molar-refractivity contribution in [3.05, 3.63) is 16.7 Å². The molecule has 0 radical (unpaired) electrons. The van der Waals surface area contributed by atoms with Crippen molar-refractivity contribution in [3.63, 3.8) is 0 Å².